The van der Waals surface area contributed by atoms with Crippen LogP contribution >= 0.6 is 0 Å². The molecule has 1 amide bonds. The van der Waals surface area contributed by atoms with Crippen molar-refractivity contribution in [1.82, 2.24) is 4.98 Å². The van der Waals surface area contributed by atoms with Crippen molar-refractivity contribution in [2.24, 2.45) is 5.41 Å². The largest absolute Gasteiger partial charge is 0.395 e. The minimum absolute atomic E-state index is 0.0562. The van der Waals surface area contributed by atoms with Crippen molar-refractivity contribution >= 4 is 11.7 Å². The lowest BCUT2D eigenvalue weighted by Gasteiger charge is -2.25. The van der Waals surface area contributed by atoms with Crippen molar-refractivity contribution in [1.29, 1.82) is 0 Å². The number of aliphatic hydroxyl groups excluding tert-OH is 1. The van der Waals surface area contributed by atoms with Crippen molar-refractivity contribution in [2.75, 3.05) is 11.9 Å². The van der Waals surface area contributed by atoms with Gasteiger partial charge < -0.3 is 10.4 Å². The number of hydrogen-bond acceptors (Lipinski definition) is 3. The Labute approximate surface area is 126 Å². The number of nitrogens with one attached hydrogen (secondary N) is 1. The molecule has 0 bridgehead atoms. The second-order valence-corrected chi connectivity index (χ2v) is 5.50. The van der Waals surface area contributed by atoms with Crippen LogP contribution in [0, 0.1) is 17.3 Å². The van der Waals surface area contributed by atoms with Gasteiger partial charge in [-0.15, -0.1) is 0 Å². The molecule has 112 valence electrons. The van der Waals surface area contributed by atoms with Crippen LogP contribution in [0.2, 0.25) is 0 Å². The van der Waals surface area contributed by atoms with E-state index in [1.807, 2.05) is 0 Å². The van der Waals surface area contributed by atoms with Gasteiger partial charge >= 0.3 is 0 Å². The first-order valence-corrected chi connectivity index (χ1v) is 7.57. The van der Waals surface area contributed by atoms with E-state index < -0.39 is 0 Å². The lowest BCUT2D eigenvalue weighted by molar-refractivity contribution is -0.125. The first-order valence-electron chi connectivity index (χ1n) is 7.57. The number of aliphatic hydroxyl groups is 1. The summed E-state index contributed by atoms with van der Waals surface area (Å²) in [6.45, 7) is 2.13. The monoisotopic (exact) mass is 286 g/mol. The predicted molar refractivity (Wildman–Crippen MR) is 82.6 cm³/mol. The Morgan fingerprint density at radius 3 is 2.90 bits per heavy atom. The summed E-state index contributed by atoms with van der Waals surface area (Å²) < 4.78 is 0. The fourth-order valence-corrected chi connectivity index (χ4v) is 2.84. The number of carbonyl (C=O) groups excluding carboxylic acids is 1. The van der Waals surface area contributed by atoms with E-state index in [1.165, 1.54) is 0 Å². The summed E-state index contributed by atoms with van der Waals surface area (Å²) in [6, 6.07) is 3.58. The third kappa shape index (κ3) is 3.83. The summed E-state index contributed by atoms with van der Waals surface area (Å²) >= 11 is 0. The predicted octanol–water partition coefficient (Wildman–Crippen LogP) is 2.72. The molecule has 0 aliphatic heterocycles. The van der Waals surface area contributed by atoms with Gasteiger partial charge in [0.05, 0.1) is 6.61 Å². The molecule has 1 aromatic rings. The number of amides is 1. The van der Waals surface area contributed by atoms with Crippen molar-refractivity contribution < 1.29 is 9.90 Å². The maximum absolute atomic E-state index is 12.5. The molecule has 4 nitrogen and oxygen atoms in total. The molecule has 1 saturated carbocycles. The minimum atomic E-state index is -0.222. The summed E-state index contributed by atoms with van der Waals surface area (Å²) in [5, 5.41) is 11.7. The Balaban J connectivity index is 2.07. The SMILES string of the molecule is CCC1(C(=O)Nc2cc(C#CCCO)ccn2)CCCC1. The molecule has 1 heterocycles. The topological polar surface area (TPSA) is 62.2 Å². The van der Waals surface area contributed by atoms with Gasteiger partial charge in [0.2, 0.25) is 5.91 Å². The third-order valence-corrected chi connectivity index (χ3v) is 4.19. The molecule has 0 atom stereocenters. The lowest BCUT2D eigenvalue weighted by atomic mass is 9.82. The zero-order valence-corrected chi connectivity index (χ0v) is 12.5. The number of hydrogen-bond donors (Lipinski definition) is 2. The number of carbonyl (C=O) groups is 1. The van der Waals surface area contributed by atoms with Gasteiger partial charge in [-0.2, -0.15) is 0 Å². The van der Waals surface area contributed by atoms with Crippen LogP contribution in [0.3, 0.4) is 0 Å². The van der Waals surface area contributed by atoms with Crippen LogP contribution in [-0.4, -0.2) is 22.6 Å². The second kappa shape index (κ2) is 7.24. The van der Waals surface area contributed by atoms with Crippen molar-refractivity contribution in [3.05, 3.63) is 23.9 Å². The smallest absolute Gasteiger partial charge is 0.231 e. The second-order valence-electron chi connectivity index (χ2n) is 5.50. The Bertz CT molecular complexity index is 551. The average molecular weight is 286 g/mol. The van der Waals surface area contributed by atoms with Gasteiger partial charge in [-0.3, -0.25) is 4.79 Å². The van der Waals surface area contributed by atoms with Crippen LogP contribution < -0.4 is 5.32 Å². The van der Waals surface area contributed by atoms with E-state index in [-0.39, 0.29) is 17.9 Å². The number of pyridine rings is 1. The molecule has 0 unspecified atom stereocenters. The molecular formula is C17H22N2O2. The van der Waals surface area contributed by atoms with Crippen molar-refractivity contribution in [3.8, 4) is 11.8 Å². The van der Waals surface area contributed by atoms with E-state index in [2.05, 4.69) is 29.1 Å². The Kier molecular flexibility index (Phi) is 5.35. The van der Waals surface area contributed by atoms with Gasteiger partial charge in [0.25, 0.3) is 0 Å². The van der Waals surface area contributed by atoms with Gasteiger partial charge in [-0.25, -0.2) is 4.98 Å². The Morgan fingerprint density at radius 1 is 1.48 bits per heavy atom. The van der Waals surface area contributed by atoms with E-state index in [1.54, 1.807) is 18.3 Å². The number of aromatic nitrogens is 1. The highest BCUT2D eigenvalue weighted by molar-refractivity contribution is 5.94. The molecule has 21 heavy (non-hydrogen) atoms. The molecule has 1 aliphatic rings. The Hall–Kier alpha value is -1.86. The van der Waals surface area contributed by atoms with E-state index in [0.29, 0.717) is 12.2 Å². The van der Waals surface area contributed by atoms with E-state index in [9.17, 15) is 4.79 Å². The van der Waals surface area contributed by atoms with E-state index in [0.717, 1.165) is 37.7 Å². The van der Waals surface area contributed by atoms with Crippen LogP contribution in [0.15, 0.2) is 18.3 Å². The summed E-state index contributed by atoms with van der Waals surface area (Å²) in [5.41, 5.74) is 0.575. The maximum Gasteiger partial charge on any atom is 0.231 e. The van der Waals surface area contributed by atoms with Crippen LogP contribution in [0.4, 0.5) is 5.82 Å². The van der Waals surface area contributed by atoms with Crippen molar-refractivity contribution in [3.63, 3.8) is 0 Å². The minimum Gasteiger partial charge on any atom is -0.395 e. The van der Waals surface area contributed by atoms with Crippen LogP contribution in [0.25, 0.3) is 0 Å². The van der Waals surface area contributed by atoms with Gasteiger partial charge in [0, 0.05) is 23.6 Å². The van der Waals surface area contributed by atoms with E-state index >= 15 is 0 Å². The molecule has 0 radical (unpaired) electrons. The summed E-state index contributed by atoms with van der Waals surface area (Å²) in [5.74, 6) is 6.45. The summed E-state index contributed by atoms with van der Waals surface area (Å²) in [4.78, 5) is 16.7. The fourth-order valence-electron chi connectivity index (χ4n) is 2.84. The lowest BCUT2D eigenvalue weighted by Crippen LogP contribution is -2.33. The first kappa shape index (κ1) is 15.5. The summed E-state index contributed by atoms with van der Waals surface area (Å²) in [6.07, 6.45) is 7.14. The van der Waals surface area contributed by atoms with Gasteiger partial charge in [0.1, 0.15) is 5.82 Å². The molecule has 1 aliphatic carbocycles. The molecule has 0 aromatic carbocycles. The zero-order valence-electron chi connectivity index (χ0n) is 12.5. The number of rotatable bonds is 4. The molecule has 2 rings (SSSR count). The molecule has 0 saturated heterocycles. The highest BCUT2D eigenvalue weighted by Gasteiger charge is 2.39. The van der Waals surface area contributed by atoms with E-state index in [4.69, 9.17) is 5.11 Å². The van der Waals surface area contributed by atoms with Gasteiger partial charge in [-0.05, 0) is 31.4 Å². The molecule has 1 fully saturated rings. The van der Waals surface area contributed by atoms with Gasteiger partial charge in [-0.1, -0.05) is 31.6 Å². The molecule has 1 aromatic heterocycles. The molecule has 2 N–H and O–H groups in total. The highest BCUT2D eigenvalue weighted by Crippen LogP contribution is 2.41. The molecule has 0 spiro atoms. The fraction of sp³-hybridized carbons (Fsp3) is 0.529. The first-order chi connectivity index (χ1) is 10.2. The maximum atomic E-state index is 12.5. The molecular weight excluding hydrogens is 264 g/mol. The standard InChI is InChI=1S/C17H22N2O2/c1-2-17(9-4-5-10-17)16(21)19-15-13-14(8-11-18-15)7-3-6-12-20/h8,11,13,20H,2,4-6,9-10,12H2,1H3,(H,18,19,21). The normalized spacial score (nSPS) is 16.1. The summed E-state index contributed by atoms with van der Waals surface area (Å²) in [7, 11) is 0. The number of nitrogens with zero attached hydrogens (tertiary/aromatic N) is 1. The van der Waals surface area contributed by atoms with Crippen LogP contribution in [0.1, 0.15) is 51.0 Å². The zero-order chi connectivity index (χ0) is 15.1. The van der Waals surface area contributed by atoms with Gasteiger partial charge in [0.15, 0.2) is 0 Å². The van der Waals surface area contributed by atoms with Crippen LogP contribution in [-0.2, 0) is 4.79 Å². The Morgan fingerprint density at radius 2 is 2.24 bits per heavy atom. The number of anilines is 1. The van der Waals surface area contributed by atoms with Crippen molar-refractivity contribution in [2.45, 2.75) is 45.4 Å². The average Bonchev–Trinajstić information content (AvgIpc) is 2.98. The highest BCUT2D eigenvalue weighted by atomic mass is 16.2. The third-order valence-electron chi connectivity index (χ3n) is 4.19. The molecule has 4 heteroatoms. The van der Waals surface area contributed by atoms with Crippen LogP contribution in [0.5, 0.6) is 0 Å². The quantitative estimate of drug-likeness (QED) is 0.837.